The molecule has 0 amide bonds. The number of rotatable bonds is 8. The Hall–Kier alpha value is -1.06. The zero-order valence-electron chi connectivity index (χ0n) is 13.7. The number of aryl methyl sites for hydroxylation is 1. The number of hydrogen-bond acceptors (Lipinski definition) is 3. The SMILES string of the molecule is COCCNCC1(Cc2cc(C)ccc2OC)CCCC1. The molecule has 1 aromatic rings. The van der Waals surface area contributed by atoms with Gasteiger partial charge in [-0.3, -0.25) is 0 Å². The average Bonchev–Trinajstić information content (AvgIpc) is 2.93. The Labute approximate surface area is 129 Å². The van der Waals surface area contributed by atoms with E-state index in [1.165, 1.54) is 36.8 Å². The van der Waals surface area contributed by atoms with E-state index in [9.17, 15) is 0 Å². The van der Waals surface area contributed by atoms with E-state index < -0.39 is 0 Å². The van der Waals surface area contributed by atoms with Crippen LogP contribution >= 0.6 is 0 Å². The predicted octanol–water partition coefficient (Wildman–Crippen LogP) is 3.34. The third-order valence-electron chi connectivity index (χ3n) is 4.65. The van der Waals surface area contributed by atoms with Crippen LogP contribution in [0.2, 0.25) is 0 Å². The van der Waals surface area contributed by atoms with E-state index in [0.717, 1.165) is 31.9 Å². The first-order valence-corrected chi connectivity index (χ1v) is 8.02. The number of hydrogen-bond donors (Lipinski definition) is 1. The average molecular weight is 291 g/mol. The first-order chi connectivity index (χ1) is 10.2. The first-order valence-electron chi connectivity index (χ1n) is 8.02. The van der Waals surface area contributed by atoms with Gasteiger partial charge in [-0.1, -0.05) is 30.5 Å². The van der Waals surface area contributed by atoms with Crippen molar-refractivity contribution in [2.45, 2.75) is 39.0 Å². The molecule has 3 nitrogen and oxygen atoms in total. The minimum Gasteiger partial charge on any atom is -0.496 e. The maximum Gasteiger partial charge on any atom is 0.122 e. The smallest absolute Gasteiger partial charge is 0.122 e. The molecule has 0 heterocycles. The number of nitrogens with one attached hydrogen (secondary N) is 1. The van der Waals surface area contributed by atoms with Gasteiger partial charge in [0.2, 0.25) is 0 Å². The Kier molecular flexibility index (Phi) is 6.07. The number of methoxy groups -OCH3 is 2. The van der Waals surface area contributed by atoms with Crippen LogP contribution in [0.4, 0.5) is 0 Å². The molecule has 0 saturated heterocycles. The van der Waals surface area contributed by atoms with Gasteiger partial charge in [-0.15, -0.1) is 0 Å². The summed E-state index contributed by atoms with van der Waals surface area (Å²) in [5.74, 6) is 1.03. The molecule has 0 spiro atoms. The maximum atomic E-state index is 5.56. The zero-order chi connectivity index (χ0) is 15.1. The van der Waals surface area contributed by atoms with Crippen molar-refractivity contribution in [2.75, 3.05) is 33.9 Å². The van der Waals surface area contributed by atoms with E-state index in [4.69, 9.17) is 9.47 Å². The van der Waals surface area contributed by atoms with Crippen LogP contribution in [0.5, 0.6) is 5.75 Å². The highest BCUT2D eigenvalue weighted by atomic mass is 16.5. The van der Waals surface area contributed by atoms with Crippen LogP contribution in [0.3, 0.4) is 0 Å². The summed E-state index contributed by atoms with van der Waals surface area (Å²) in [6.07, 6.45) is 6.42. The lowest BCUT2D eigenvalue weighted by molar-refractivity contribution is 0.189. The summed E-state index contributed by atoms with van der Waals surface area (Å²) >= 11 is 0. The summed E-state index contributed by atoms with van der Waals surface area (Å²) in [6, 6.07) is 6.51. The molecule has 0 aromatic heterocycles. The molecule has 0 atom stereocenters. The van der Waals surface area contributed by atoms with Gasteiger partial charge in [0.05, 0.1) is 13.7 Å². The molecule has 1 N–H and O–H groups in total. The third-order valence-corrected chi connectivity index (χ3v) is 4.65. The Morgan fingerprint density at radius 2 is 1.95 bits per heavy atom. The topological polar surface area (TPSA) is 30.5 Å². The normalized spacial score (nSPS) is 17.1. The van der Waals surface area contributed by atoms with Crippen molar-refractivity contribution < 1.29 is 9.47 Å². The lowest BCUT2D eigenvalue weighted by Crippen LogP contribution is -2.35. The van der Waals surface area contributed by atoms with Gasteiger partial charge < -0.3 is 14.8 Å². The summed E-state index contributed by atoms with van der Waals surface area (Å²) in [7, 11) is 3.52. The Bertz CT molecular complexity index is 439. The second-order valence-corrected chi connectivity index (χ2v) is 6.37. The highest BCUT2D eigenvalue weighted by Gasteiger charge is 2.34. The molecule has 0 unspecified atom stereocenters. The van der Waals surface area contributed by atoms with Crippen LogP contribution in [0.15, 0.2) is 18.2 Å². The molecule has 3 heteroatoms. The maximum absolute atomic E-state index is 5.56. The van der Waals surface area contributed by atoms with E-state index in [-0.39, 0.29) is 0 Å². The van der Waals surface area contributed by atoms with E-state index >= 15 is 0 Å². The summed E-state index contributed by atoms with van der Waals surface area (Å²) in [6.45, 7) is 4.95. The van der Waals surface area contributed by atoms with Crippen molar-refractivity contribution in [1.29, 1.82) is 0 Å². The summed E-state index contributed by atoms with van der Waals surface area (Å²) in [5, 5.41) is 3.58. The quantitative estimate of drug-likeness (QED) is 0.745. The lowest BCUT2D eigenvalue weighted by atomic mass is 9.79. The van der Waals surface area contributed by atoms with Crippen LogP contribution in [0, 0.1) is 12.3 Å². The largest absolute Gasteiger partial charge is 0.496 e. The molecule has 1 aromatic carbocycles. The van der Waals surface area contributed by atoms with Crippen molar-refractivity contribution in [2.24, 2.45) is 5.41 Å². The molecule has 1 fully saturated rings. The molecule has 21 heavy (non-hydrogen) atoms. The molecular formula is C18H29NO2. The van der Waals surface area contributed by atoms with E-state index in [0.29, 0.717) is 5.41 Å². The van der Waals surface area contributed by atoms with Gasteiger partial charge in [0.15, 0.2) is 0 Å². The second-order valence-electron chi connectivity index (χ2n) is 6.37. The molecule has 0 bridgehead atoms. The Balaban J connectivity index is 2.07. The fourth-order valence-electron chi connectivity index (χ4n) is 3.52. The highest BCUT2D eigenvalue weighted by molar-refractivity contribution is 5.37. The zero-order valence-corrected chi connectivity index (χ0v) is 13.7. The Morgan fingerprint density at radius 1 is 1.19 bits per heavy atom. The predicted molar refractivity (Wildman–Crippen MR) is 87.1 cm³/mol. The minimum absolute atomic E-state index is 0.384. The van der Waals surface area contributed by atoms with Crippen molar-refractivity contribution in [3.63, 3.8) is 0 Å². The lowest BCUT2D eigenvalue weighted by Gasteiger charge is -2.30. The Morgan fingerprint density at radius 3 is 2.62 bits per heavy atom. The standard InChI is InChI=1S/C18H29NO2/c1-15-6-7-17(21-3)16(12-15)13-18(8-4-5-9-18)14-19-10-11-20-2/h6-7,12,19H,4-5,8-11,13-14H2,1-3H3. The van der Waals surface area contributed by atoms with E-state index in [1.54, 1.807) is 14.2 Å². The van der Waals surface area contributed by atoms with Crippen LogP contribution in [0.1, 0.15) is 36.8 Å². The van der Waals surface area contributed by atoms with Crippen molar-refractivity contribution in [3.05, 3.63) is 29.3 Å². The van der Waals surface area contributed by atoms with Crippen LogP contribution in [0.25, 0.3) is 0 Å². The monoisotopic (exact) mass is 291 g/mol. The van der Waals surface area contributed by atoms with Gasteiger partial charge in [-0.25, -0.2) is 0 Å². The summed E-state index contributed by atoms with van der Waals surface area (Å²) in [4.78, 5) is 0. The van der Waals surface area contributed by atoms with Gasteiger partial charge in [0.25, 0.3) is 0 Å². The van der Waals surface area contributed by atoms with Gasteiger partial charge in [0, 0.05) is 20.2 Å². The molecule has 0 aliphatic heterocycles. The molecule has 1 saturated carbocycles. The summed E-state index contributed by atoms with van der Waals surface area (Å²) in [5.41, 5.74) is 3.05. The molecule has 1 aliphatic rings. The number of benzene rings is 1. The van der Waals surface area contributed by atoms with Gasteiger partial charge >= 0.3 is 0 Å². The van der Waals surface area contributed by atoms with Gasteiger partial charge in [-0.05, 0) is 43.2 Å². The minimum atomic E-state index is 0.384. The van der Waals surface area contributed by atoms with Crippen molar-refractivity contribution in [1.82, 2.24) is 5.32 Å². The molecule has 0 radical (unpaired) electrons. The van der Waals surface area contributed by atoms with Gasteiger partial charge in [0.1, 0.15) is 5.75 Å². The second kappa shape index (κ2) is 7.81. The fourth-order valence-corrected chi connectivity index (χ4v) is 3.52. The van der Waals surface area contributed by atoms with Crippen LogP contribution in [-0.4, -0.2) is 33.9 Å². The van der Waals surface area contributed by atoms with Gasteiger partial charge in [-0.2, -0.15) is 0 Å². The van der Waals surface area contributed by atoms with Crippen molar-refractivity contribution in [3.8, 4) is 5.75 Å². The third kappa shape index (κ3) is 4.45. The molecule has 2 rings (SSSR count). The fraction of sp³-hybridized carbons (Fsp3) is 0.667. The van der Waals surface area contributed by atoms with E-state index in [2.05, 4.69) is 30.4 Å². The highest BCUT2D eigenvalue weighted by Crippen LogP contribution is 2.42. The molecular weight excluding hydrogens is 262 g/mol. The van der Waals surface area contributed by atoms with Crippen molar-refractivity contribution >= 4 is 0 Å². The number of ether oxygens (including phenoxy) is 2. The van der Waals surface area contributed by atoms with Crippen LogP contribution in [-0.2, 0) is 11.2 Å². The summed E-state index contributed by atoms with van der Waals surface area (Å²) < 4.78 is 10.7. The first kappa shape index (κ1) is 16.3. The van der Waals surface area contributed by atoms with Crippen LogP contribution < -0.4 is 10.1 Å². The molecule has 118 valence electrons. The molecule has 1 aliphatic carbocycles. The van der Waals surface area contributed by atoms with E-state index in [1.807, 2.05) is 0 Å².